The van der Waals surface area contributed by atoms with Crippen LogP contribution in [0.25, 0.3) is 6.08 Å². The fourth-order valence-corrected chi connectivity index (χ4v) is 3.13. The van der Waals surface area contributed by atoms with Crippen molar-refractivity contribution in [2.45, 2.75) is 64.4 Å². The first-order valence-electron chi connectivity index (χ1n) is 10.1. The van der Waals surface area contributed by atoms with E-state index in [2.05, 4.69) is 35.6 Å². The second kappa shape index (κ2) is 12.7. The number of nitrogens with zero attached hydrogens (tertiary/aromatic N) is 1. The average Bonchev–Trinajstić information content (AvgIpc) is 2.67. The lowest BCUT2D eigenvalue weighted by molar-refractivity contribution is 0.0401. The third-order valence-corrected chi connectivity index (χ3v) is 4.65. The molecule has 1 atom stereocenters. The van der Waals surface area contributed by atoms with Crippen LogP contribution in [0.4, 0.5) is 0 Å². The highest BCUT2D eigenvalue weighted by Gasteiger charge is 2.14. The molecule has 0 saturated heterocycles. The monoisotopic (exact) mass is 358 g/mol. The van der Waals surface area contributed by atoms with Crippen LogP contribution < -0.4 is 5.32 Å². The predicted molar refractivity (Wildman–Crippen MR) is 109 cm³/mol. The summed E-state index contributed by atoms with van der Waals surface area (Å²) in [4.78, 5) is 5.46. The lowest BCUT2D eigenvalue weighted by Gasteiger charge is -2.17. The molecule has 1 aromatic carbocycles. The normalized spacial score (nSPS) is 19.0. The molecule has 0 radical (unpaired) electrons. The minimum Gasteiger partial charge on any atom is -0.393 e. The topological polar surface area (TPSA) is 53.8 Å². The quantitative estimate of drug-likeness (QED) is 0.451. The van der Waals surface area contributed by atoms with Crippen molar-refractivity contribution in [2.75, 3.05) is 19.7 Å². The Morgan fingerprint density at radius 3 is 2.77 bits per heavy atom. The summed E-state index contributed by atoms with van der Waals surface area (Å²) in [7, 11) is 0. The molecule has 1 aliphatic rings. The zero-order valence-electron chi connectivity index (χ0n) is 16.1. The van der Waals surface area contributed by atoms with Crippen LogP contribution in [0, 0.1) is 0 Å². The number of aliphatic hydroxyl groups is 1. The molecule has 1 aromatic rings. The largest absolute Gasteiger partial charge is 0.393 e. The maximum absolute atomic E-state index is 10.0. The Hall–Kier alpha value is -1.65. The van der Waals surface area contributed by atoms with Crippen molar-refractivity contribution in [3.8, 4) is 0 Å². The van der Waals surface area contributed by atoms with Crippen LogP contribution in [0.2, 0.25) is 0 Å². The Bertz CT molecular complexity index is 555. The van der Waals surface area contributed by atoms with E-state index in [9.17, 15) is 5.11 Å². The predicted octanol–water partition coefficient (Wildman–Crippen LogP) is 4.55. The molecule has 0 spiro atoms. The van der Waals surface area contributed by atoms with Crippen LogP contribution in [-0.2, 0) is 4.84 Å². The van der Waals surface area contributed by atoms with E-state index < -0.39 is 6.10 Å². The molecule has 4 nitrogen and oxygen atoms in total. The van der Waals surface area contributed by atoms with Crippen molar-refractivity contribution >= 4 is 11.8 Å². The number of aliphatic hydroxyl groups excluding tert-OH is 1. The summed E-state index contributed by atoms with van der Waals surface area (Å²) in [5.41, 5.74) is 3.48. The van der Waals surface area contributed by atoms with Gasteiger partial charge in [0.2, 0.25) is 0 Å². The van der Waals surface area contributed by atoms with Crippen LogP contribution in [0.15, 0.2) is 41.1 Å². The second-order valence-electron chi connectivity index (χ2n) is 7.04. The summed E-state index contributed by atoms with van der Waals surface area (Å²) in [5.74, 6) is 0. The van der Waals surface area contributed by atoms with Gasteiger partial charge in [-0.2, -0.15) is 0 Å². The molecule has 0 aromatic heterocycles. The molecule has 144 valence electrons. The van der Waals surface area contributed by atoms with Gasteiger partial charge in [0.05, 0.1) is 5.71 Å². The Labute approximate surface area is 158 Å². The fraction of sp³-hybridized carbons (Fsp3) is 0.591. The van der Waals surface area contributed by atoms with Gasteiger partial charge in [-0.1, -0.05) is 61.7 Å². The van der Waals surface area contributed by atoms with Crippen molar-refractivity contribution in [2.24, 2.45) is 5.16 Å². The minimum absolute atomic E-state index is 0.240. The third-order valence-electron chi connectivity index (χ3n) is 4.65. The number of benzene rings is 1. The van der Waals surface area contributed by atoms with Gasteiger partial charge >= 0.3 is 0 Å². The van der Waals surface area contributed by atoms with Crippen molar-refractivity contribution in [1.29, 1.82) is 0 Å². The number of unbranched alkanes of at least 4 members (excludes halogenated alkanes) is 3. The third kappa shape index (κ3) is 8.15. The summed E-state index contributed by atoms with van der Waals surface area (Å²) in [6.45, 7) is 3.96. The van der Waals surface area contributed by atoms with E-state index >= 15 is 0 Å². The number of hydrogen-bond donors (Lipinski definition) is 2. The highest BCUT2D eigenvalue weighted by Crippen LogP contribution is 2.23. The zero-order valence-corrected chi connectivity index (χ0v) is 16.1. The lowest BCUT2D eigenvalue weighted by Crippen LogP contribution is -2.30. The molecule has 1 saturated carbocycles. The lowest BCUT2D eigenvalue weighted by atomic mass is 9.91. The Morgan fingerprint density at radius 2 is 1.96 bits per heavy atom. The SMILES string of the molecule is CCCCCCNC[C@@H](O)CO/N=C1\CCCC\C1=C/c1ccccc1. The first-order chi connectivity index (χ1) is 12.8. The van der Waals surface area contributed by atoms with Gasteiger partial charge in [-0.05, 0) is 55.9 Å². The minimum atomic E-state index is -0.518. The van der Waals surface area contributed by atoms with E-state index in [1.807, 2.05) is 18.2 Å². The number of nitrogens with one attached hydrogen (secondary N) is 1. The average molecular weight is 359 g/mol. The van der Waals surface area contributed by atoms with Crippen LogP contribution in [0.3, 0.4) is 0 Å². The van der Waals surface area contributed by atoms with Gasteiger partial charge in [-0.15, -0.1) is 0 Å². The van der Waals surface area contributed by atoms with Gasteiger partial charge in [0, 0.05) is 6.54 Å². The van der Waals surface area contributed by atoms with Crippen molar-refractivity contribution in [3.63, 3.8) is 0 Å². The molecular formula is C22H34N2O2. The number of rotatable bonds is 11. The molecule has 1 aliphatic carbocycles. The highest BCUT2D eigenvalue weighted by molar-refractivity contribution is 6.03. The van der Waals surface area contributed by atoms with Crippen molar-refractivity contribution < 1.29 is 9.94 Å². The molecule has 0 aliphatic heterocycles. The van der Waals surface area contributed by atoms with Crippen LogP contribution in [0.1, 0.15) is 63.9 Å². The zero-order chi connectivity index (χ0) is 18.5. The van der Waals surface area contributed by atoms with Gasteiger partial charge in [0.15, 0.2) is 0 Å². The molecule has 0 amide bonds. The van der Waals surface area contributed by atoms with Gasteiger partial charge in [-0.3, -0.25) is 0 Å². The molecule has 26 heavy (non-hydrogen) atoms. The van der Waals surface area contributed by atoms with Crippen molar-refractivity contribution in [3.05, 3.63) is 41.5 Å². The molecular weight excluding hydrogens is 324 g/mol. The summed E-state index contributed by atoms with van der Waals surface area (Å²) in [6, 6.07) is 10.3. The summed E-state index contributed by atoms with van der Waals surface area (Å²) >= 11 is 0. The van der Waals surface area contributed by atoms with Gasteiger partial charge in [-0.25, -0.2) is 0 Å². The van der Waals surface area contributed by atoms with Crippen LogP contribution in [-0.4, -0.2) is 36.6 Å². The van der Waals surface area contributed by atoms with E-state index in [0.717, 1.165) is 37.9 Å². The van der Waals surface area contributed by atoms with Crippen LogP contribution in [0.5, 0.6) is 0 Å². The maximum atomic E-state index is 10.0. The fourth-order valence-electron chi connectivity index (χ4n) is 3.13. The molecule has 4 heteroatoms. The first kappa shape index (κ1) is 20.7. The molecule has 0 bridgehead atoms. The summed E-state index contributed by atoms with van der Waals surface area (Å²) in [5, 5.41) is 17.6. The smallest absolute Gasteiger partial charge is 0.144 e. The van der Waals surface area contributed by atoms with E-state index in [1.54, 1.807) is 0 Å². The Morgan fingerprint density at radius 1 is 1.15 bits per heavy atom. The summed E-state index contributed by atoms with van der Waals surface area (Å²) in [6.07, 6.45) is 11.0. The van der Waals surface area contributed by atoms with Crippen molar-refractivity contribution in [1.82, 2.24) is 5.32 Å². The summed E-state index contributed by atoms with van der Waals surface area (Å²) < 4.78 is 0. The van der Waals surface area contributed by atoms with E-state index in [-0.39, 0.29) is 6.61 Å². The molecule has 2 rings (SSSR count). The van der Waals surface area contributed by atoms with Crippen LogP contribution >= 0.6 is 0 Å². The Kier molecular flexibility index (Phi) is 10.1. The van der Waals surface area contributed by atoms with Gasteiger partial charge in [0.25, 0.3) is 0 Å². The molecule has 0 unspecified atom stereocenters. The van der Waals surface area contributed by atoms with E-state index in [0.29, 0.717) is 6.54 Å². The molecule has 1 fully saturated rings. The number of allylic oxidation sites excluding steroid dienone is 1. The number of hydrogen-bond acceptors (Lipinski definition) is 4. The molecule has 0 heterocycles. The van der Waals surface area contributed by atoms with E-state index in [1.165, 1.54) is 36.8 Å². The van der Waals surface area contributed by atoms with E-state index in [4.69, 9.17) is 4.84 Å². The molecule has 2 N–H and O–H groups in total. The Balaban J connectivity index is 1.74. The standard InChI is InChI=1S/C22H34N2O2/c1-2-3-4-10-15-23-17-21(25)18-26-24-22-14-9-8-13-20(22)16-19-11-6-5-7-12-19/h5-7,11-12,16,21,23,25H,2-4,8-10,13-15,17-18H2,1H3/b20-16+,24-22+/t21-/m1/s1. The van der Waals surface area contributed by atoms with Gasteiger partial charge < -0.3 is 15.3 Å². The highest BCUT2D eigenvalue weighted by atomic mass is 16.6. The first-order valence-corrected chi connectivity index (χ1v) is 10.1. The second-order valence-corrected chi connectivity index (χ2v) is 7.04. The number of oxime groups is 1. The van der Waals surface area contributed by atoms with Gasteiger partial charge in [0.1, 0.15) is 12.7 Å². The maximum Gasteiger partial charge on any atom is 0.144 e.